The molecule has 1 aromatic rings. The number of rotatable bonds is 4. The van der Waals surface area contributed by atoms with Crippen molar-refractivity contribution >= 4 is 11.8 Å². The first-order valence-corrected chi connectivity index (χ1v) is 9.95. The van der Waals surface area contributed by atoms with Crippen molar-refractivity contribution in [3.8, 4) is 0 Å². The molecule has 3 rings (SSSR count). The number of nitrogens with one attached hydrogen (secondary N) is 1. The van der Waals surface area contributed by atoms with Gasteiger partial charge in [0, 0.05) is 37.0 Å². The molecular formula is C21H29FN2O2. The molecule has 2 fully saturated rings. The topological polar surface area (TPSA) is 49.4 Å². The summed E-state index contributed by atoms with van der Waals surface area (Å²) in [6.07, 6.45) is 7.72. The zero-order valence-electron chi connectivity index (χ0n) is 15.4. The Morgan fingerprint density at radius 2 is 1.58 bits per heavy atom. The Morgan fingerprint density at radius 1 is 0.962 bits per heavy atom. The smallest absolute Gasteiger partial charge is 0.225 e. The van der Waals surface area contributed by atoms with E-state index in [1.54, 1.807) is 18.2 Å². The summed E-state index contributed by atoms with van der Waals surface area (Å²) in [7, 11) is 0. The Hall–Kier alpha value is -1.91. The van der Waals surface area contributed by atoms with Crippen LogP contribution < -0.4 is 5.32 Å². The van der Waals surface area contributed by atoms with Crippen LogP contribution in [0.15, 0.2) is 24.3 Å². The number of hydrogen-bond acceptors (Lipinski definition) is 2. The van der Waals surface area contributed by atoms with Gasteiger partial charge in [0.15, 0.2) is 0 Å². The lowest BCUT2D eigenvalue weighted by atomic mass is 9.81. The Labute approximate surface area is 155 Å². The molecule has 26 heavy (non-hydrogen) atoms. The summed E-state index contributed by atoms with van der Waals surface area (Å²) < 4.78 is 13.6. The molecule has 4 nitrogen and oxygen atoms in total. The van der Waals surface area contributed by atoms with E-state index in [2.05, 4.69) is 5.32 Å². The number of carbonyl (C=O) groups excluding carboxylic acids is 2. The molecule has 0 radical (unpaired) electrons. The Morgan fingerprint density at radius 3 is 2.23 bits per heavy atom. The second-order valence-electron chi connectivity index (χ2n) is 7.60. The van der Waals surface area contributed by atoms with Crippen LogP contribution in [0.1, 0.15) is 56.9 Å². The maximum absolute atomic E-state index is 13.6. The van der Waals surface area contributed by atoms with Gasteiger partial charge in [0.2, 0.25) is 11.8 Å². The molecule has 0 bridgehead atoms. The first-order valence-electron chi connectivity index (χ1n) is 9.95. The van der Waals surface area contributed by atoms with E-state index in [-0.39, 0.29) is 36.0 Å². The first-order chi connectivity index (χ1) is 12.6. The molecule has 1 saturated carbocycles. The van der Waals surface area contributed by atoms with E-state index in [9.17, 15) is 14.0 Å². The highest BCUT2D eigenvalue weighted by molar-refractivity contribution is 5.81. The lowest BCUT2D eigenvalue weighted by molar-refractivity contribution is -0.138. The van der Waals surface area contributed by atoms with Gasteiger partial charge < -0.3 is 10.2 Å². The van der Waals surface area contributed by atoms with Crippen molar-refractivity contribution in [1.82, 2.24) is 10.2 Å². The molecule has 1 aliphatic heterocycles. The van der Waals surface area contributed by atoms with Crippen LogP contribution in [0.2, 0.25) is 0 Å². The van der Waals surface area contributed by atoms with Crippen LogP contribution in [-0.2, 0) is 16.1 Å². The highest BCUT2D eigenvalue weighted by Gasteiger charge is 2.32. The Bertz CT molecular complexity index is 618. The summed E-state index contributed by atoms with van der Waals surface area (Å²) in [5.41, 5.74) is 0.505. The Kier molecular flexibility index (Phi) is 6.64. The fourth-order valence-corrected chi connectivity index (χ4v) is 4.12. The van der Waals surface area contributed by atoms with Crippen molar-refractivity contribution in [2.75, 3.05) is 13.1 Å². The third kappa shape index (κ3) is 4.83. The van der Waals surface area contributed by atoms with Gasteiger partial charge in [0.1, 0.15) is 5.82 Å². The number of nitrogens with zero attached hydrogens (tertiary/aromatic N) is 1. The van der Waals surface area contributed by atoms with E-state index in [0.29, 0.717) is 5.56 Å². The monoisotopic (exact) mass is 360 g/mol. The molecule has 1 aliphatic carbocycles. The van der Waals surface area contributed by atoms with Gasteiger partial charge in [0.25, 0.3) is 0 Å². The highest BCUT2D eigenvalue weighted by atomic mass is 19.1. The van der Waals surface area contributed by atoms with Crippen LogP contribution in [0, 0.1) is 17.7 Å². The Balaban J connectivity index is 1.44. The SMILES string of the molecule is O=C(NCc1ccccc1F)C1CCC(C(=O)N2CCCCCC2)CC1. The fraction of sp³-hybridized carbons (Fsp3) is 0.619. The number of likely N-dealkylation sites (tertiary alicyclic amines) is 1. The van der Waals surface area contributed by atoms with E-state index in [1.165, 1.54) is 18.9 Å². The third-order valence-corrected chi connectivity index (χ3v) is 5.78. The predicted molar refractivity (Wildman–Crippen MR) is 98.7 cm³/mol. The van der Waals surface area contributed by atoms with Gasteiger partial charge in [-0.3, -0.25) is 9.59 Å². The van der Waals surface area contributed by atoms with Crippen molar-refractivity contribution in [3.05, 3.63) is 35.6 Å². The van der Waals surface area contributed by atoms with Crippen molar-refractivity contribution in [3.63, 3.8) is 0 Å². The molecule has 0 unspecified atom stereocenters. The maximum atomic E-state index is 13.6. The van der Waals surface area contributed by atoms with E-state index >= 15 is 0 Å². The molecule has 5 heteroatoms. The van der Waals surface area contributed by atoms with Gasteiger partial charge in [-0.15, -0.1) is 0 Å². The van der Waals surface area contributed by atoms with Crippen LogP contribution >= 0.6 is 0 Å². The third-order valence-electron chi connectivity index (χ3n) is 5.78. The quantitative estimate of drug-likeness (QED) is 0.891. The number of hydrogen-bond donors (Lipinski definition) is 1. The summed E-state index contributed by atoms with van der Waals surface area (Å²) in [4.78, 5) is 27.1. The highest BCUT2D eigenvalue weighted by Crippen LogP contribution is 2.31. The van der Waals surface area contributed by atoms with Gasteiger partial charge in [-0.05, 0) is 44.6 Å². The second-order valence-corrected chi connectivity index (χ2v) is 7.60. The fourth-order valence-electron chi connectivity index (χ4n) is 4.12. The number of amides is 2. The van der Waals surface area contributed by atoms with Gasteiger partial charge in [-0.2, -0.15) is 0 Å². The average molecular weight is 360 g/mol. The largest absolute Gasteiger partial charge is 0.352 e. The lowest BCUT2D eigenvalue weighted by Crippen LogP contribution is -2.40. The zero-order valence-corrected chi connectivity index (χ0v) is 15.4. The summed E-state index contributed by atoms with van der Waals surface area (Å²) in [5.74, 6) is -0.00994. The summed E-state index contributed by atoms with van der Waals surface area (Å²) in [6.45, 7) is 2.00. The van der Waals surface area contributed by atoms with E-state index < -0.39 is 0 Å². The lowest BCUT2D eigenvalue weighted by Gasteiger charge is -2.31. The standard InChI is InChI=1S/C21H29FN2O2/c22-19-8-4-3-7-18(19)15-23-20(25)16-9-11-17(12-10-16)21(26)24-13-5-1-2-6-14-24/h3-4,7-8,16-17H,1-2,5-6,9-15H2,(H,23,25). The average Bonchev–Trinajstić information content (AvgIpc) is 2.96. The van der Waals surface area contributed by atoms with Crippen LogP contribution in [0.5, 0.6) is 0 Å². The molecule has 1 aromatic carbocycles. The van der Waals surface area contributed by atoms with Crippen LogP contribution in [0.4, 0.5) is 4.39 Å². The molecule has 2 amide bonds. The van der Waals surface area contributed by atoms with E-state index in [0.717, 1.165) is 51.6 Å². The second kappa shape index (κ2) is 9.15. The minimum absolute atomic E-state index is 0.0195. The van der Waals surface area contributed by atoms with Gasteiger partial charge >= 0.3 is 0 Å². The summed E-state index contributed by atoms with van der Waals surface area (Å²) in [6, 6.07) is 6.50. The minimum atomic E-state index is -0.292. The molecule has 1 saturated heterocycles. The van der Waals surface area contributed by atoms with Crippen molar-refractivity contribution < 1.29 is 14.0 Å². The maximum Gasteiger partial charge on any atom is 0.225 e. The minimum Gasteiger partial charge on any atom is -0.352 e. The summed E-state index contributed by atoms with van der Waals surface area (Å²) >= 11 is 0. The molecule has 2 aliphatic rings. The van der Waals surface area contributed by atoms with Gasteiger partial charge in [-0.25, -0.2) is 4.39 Å². The number of halogens is 1. The van der Waals surface area contributed by atoms with Gasteiger partial charge in [-0.1, -0.05) is 31.0 Å². The molecule has 0 spiro atoms. The molecular weight excluding hydrogens is 331 g/mol. The summed E-state index contributed by atoms with van der Waals surface area (Å²) in [5, 5.41) is 2.85. The zero-order chi connectivity index (χ0) is 18.4. The van der Waals surface area contributed by atoms with E-state index in [1.807, 2.05) is 4.90 Å². The van der Waals surface area contributed by atoms with Gasteiger partial charge in [0.05, 0.1) is 0 Å². The van der Waals surface area contributed by atoms with Crippen molar-refractivity contribution in [2.24, 2.45) is 11.8 Å². The van der Waals surface area contributed by atoms with Crippen LogP contribution in [-0.4, -0.2) is 29.8 Å². The molecule has 1 N–H and O–H groups in total. The number of benzene rings is 1. The predicted octanol–water partition coefficient (Wildman–Crippen LogP) is 3.65. The molecule has 0 atom stereocenters. The normalized spacial score (nSPS) is 24.0. The molecule has 142 valence electrons. The first kappa shape index (κ1) is 18.9. The molecule has 0 aromatic heterocycles. The number of carbonyl (C=O) groups is 2. The van der Waals surface area contributed by atoms with Crippen LogP contribution in [0.25, 0.3) is 0 Å². The van der Waals surface area contributed by atoms with E-state index in [4.69, 9.17) is 0 Å². The van der Waals surface area contributed by atoms with Crippen molar-refractivity contribution in [2.45, 2.75) is 57.9 Å². The molecule has 1 heterocycles. The van der Waals surface area contributed by atoms with Crippen molar-refractivity contribution in [1.29, 1.82) is 0 Å². The van der Waals surface area contributed by atoms with Crippen LogP contribution in [0.3, 0.4) is 0 Å².